The third kappa shape index (κ3) is 25.2. The molecule has 0 amide bonds. The third-order valence-electron chi connectivity index (χ3n) is 5.82. The first-order chi connectivity index (χ1) is 15.7. The van der Waals surface area contributed by atoms with Crippen LogP contribution in [0.3, 0.4) is 0 Å². The molecule has 0 aromatic carbocycles. The van der Waals surface area contributed by atoms with Gasteiger partial charge < -0.3 is 14.2 Å². The van der Waals surface area contributed by atoms with E-state index < -0.39 is 0 Å². The highest BCUT2D eigenvalue weighted by molar-refractivity contribution is 5.69. The van der Waals surface area contributed by atoms with Gasteiger partial charge in [0.2, 0.25) is 0 Å². The van der Waals surface area contributed by atoms with Crippen LogP contribution in [0, 0.1) is 0 Å². The van der Waals surface area contributed by atoms with Crippen molar-refractivity contribution in [1.82, 2.24) is 0 Å². The summed E-state index contributed by atoms with van der Waals surface area (Å²) in [5, 5.41) is 0. The predicted octanol–water partition coefficient (Wildman–Crippen LogP) is 7.54. The summed E-state index contributed by atoms with van der Waals surface area (Å²) in [4.78, 5) is 23.2. The molecule has 0 saturated carbocycles. The summed E-state index contributed by atoms with van der Waals surface area (Å²) in [6.07, 6.45) is 22.9. The van der Waals surface area contributed by atoms with Gasteiger partial charge in [0.1, 0.15) is 6.61 Å². The molecule has 0 aliphatic carbocycles. The van der Waals surface area contributed by atoms with E-state index in [1.165, 1.54) is 70.6 Å². The second kappa shape index (κ2) is 26.2. The molecule has 32 heavy (non-hydrogen) atoms. The van der Waals surface area contributed by atoms with Gasteiger partial charge in [-0.2, -0.15) is 0 Å². The molecule has 5 heteroatoms. The first kappa shape index (κ1) is 30.9. The Balaban J connectivity index is 3.22. The highest BCUT2D eigenvalue weighted by Gasteiger charge is 2.04. The molecule has 190 valence electrons. The van der Waals surface area contributed by atoms with Gasteiger partial charge in [0.15, 0.2) is 0 Å². The molecule has 0 unspecified atom stereocenters. The van der Waals surface area contributed by atoms with E-state index in [1.807, 2.05) is 0 Å². The van der Waals surface area contributed by atoms with Crippen molar-refractivity contribution in [2.75, 3.05) is 26.9 Å². The second-order valence-corrected chi connectivity index (χ2v) is 8.94. The number of hydrogen-bond donors (Lipinski definition) is 0. The summed E-state index contributed by atoms with van der Waals surface area (Å²) in [7, 11) is 1.59. The van der Waals surface area contributed by atoms with E-state index in [2.05, 4.69) is 6.92 Å². The lowest BCUT2D eigenvalue weighted by molar-refractivity contribution is -0.145. The highest BCUT2D eigenvalue weighted by Crippen LogP contribution is 2.12. The maximum absolute atomic E-state index is 11.8. The number of methoxy groups -OCH3 is 1. The lowest BCUT2D eigenvalue weighted by Gasteiger charge is -2.06. The maximum atomic E-state index is 11.8. The normalized spacial score (nSPS) is 10.9. The summed E-state index contributed by atoms with van der Waals surface area (Å²) in [5.74, 6) is -0.190. The fourth-order valence-electron chi connectivity index (χ4n) is 3.76. The van der Waals surface area contributed by atoms with E-state index in [4.69, 9.17) is 14.2 Å². The van der Waals surface area contributed by atoms with Gasteiger partial charge in [0, 0.05) is 20.0 Å². The molecule has 0 atom stereocenters. The van der Waals surface area contributed by atoms with Crippen LogP contribution in [0.1, 0.15) is 135 Å². The van der Waals surface area contributed by atoms with Crippen molar-refractivity contribution in [3.05, 3.63) is 0 Å². The molecule has 0 saturated heterocycles. The van der Waals surface area contributed by atoms with Gasteiger partial charge in [-0.3, -0.25) is 9.59 Å². The largest absolute Gasteiger partial charge is 0.466 e. The predicted molar refractivity (Wildman–Crippen MR) is 132 cm³/mol. The SMILES string of the molecule is CCCCCCCCCCCCCCOC(=O)CCCCCCCCC(=O)OCCOC. The first-order valence-corrected chi connectivity index (χ1v) is 13.5. The van der Waals surface area contributed by atoms with Gasteiger partial charge in [0.25, 0.3) is 0 Å². The molecule has 5 nitrogen and oxygen atoms in total. The number of rotatable bonds is 25. The van der Waals surface area contributed by atoms with E-state index in [0.717, 1.165) is 44.9 Å². The number of carbonyl (C=O) groups excluding carboxylic acids is 2. The van der Waals surface area contributed by atoms with Crippen LogP contribution >= 0.6 is 0 Å². The van der Waals surface area contributed by atoms with E-state index in [-0.39, 0.29) is 11.9 Å². The summed E-state index contributed by atoms with van der Waals surface area (Å²) in [5.41, 5.74) is 0. The van der Waals surface area contributed by atoms with Crippen LogP contribution in [0.4, 0.5) is 0 Å². The molecule has 0 aliphatic heterocycles. The lowest BCUT2D eigenvalue weighted by Crippen LogP contribution is -2.09. The average molecular weight is 457 g/mol. The zero-order chi connectivity index (χ0) is 23.5. The number of carbonyl (C=O) groups is 2. The van der Waals surface area contributed by atoms with Crippen molar-refractivity contribution in [3.8, 4) is 0 Å². The van der Waals surface area contributed by atoms with Crippen LogP contribution in [-0.4, -0.2) is 38.9 Å². The van der Waals surface area contributed by atoms with Crippen molar-refractivity contribution < 1.29 is 23.8 Å². The van der Waals surface area contributed by atoms with E-state index in [9.17, 15) is 9.59 Å². The van der Waals surface area contributed by atoms with Crippen molar-refractivity contribution in [3.63, 3.8) is 0 Å². The Hall–Kier alpha value is -1.10. The van der Waals surface area contributed by atoms with E-state index in [0.29, 0.717) is 32.7 Å². The molecule has 0 fully saturated rings. The van der Waals surface area contributed by atoms with Gasteiger partial charge in [-0.05, 0) is 19.3 Å². The molecule has 0 aromatic rings. The van der Waals surface area contributed by atoms with Gasteiger partial charge >= 0.3 is 11.9 Å². The monoisotopic (exact) mass is 456 g/mol. The molecule has 0 aliphatic rings. The van der Waals surface area contributed by atoms with Gasteiger partial charge in [0.05, 0.1) is 13.2 Å². The highest BCUT2D eigenvalue weighted by atomic mass is 16.6. The molecule has 0 aromatic heterocycles. The van der Waals surface area contributed by atoms with Crippen LogP contribution in [0.5, 0.6) is 0 Å². The fraction of sp³-hybridized carbons (Fsp3) is 0.926. The number of ether oxygens (including phenoxy) is 3. The zero-order valence-electron chi connectivity index (χ0n) is 21.3. The molecule has 0 rings (SSSR count). The van der Waals surface area contributed by atoms with Gasteiger partial charge in [-0.15, -0.1) is 0 Å². The molecular weight excluding hydrogens is 404 g/mol. The average Bonchev–Trinajstić information content (AvgIpc) is 2.79. The van der Waals surface area contributed by atoms with Crippen molar-refractivity contribution in [2.45, 2.75) is 135 Å². The maximum Gasteiger partial charge on any atom is 0.305 e. The Labute approximate surface area is 198 Å². The van der Waals surface area contributed by atoms with Crippen LogP contribution in [-0.2, 0) is 23.8 Å². The Morgan fingerprint density at radius 2 is 0.844 bits per heavy atom. The smallest absolute Gasteiger partial charge is 0.305 e. The summed E-state index contributed by atoms with van der Waals surface area (Å²) >= 11 is 0. The summed E-state index contributed by atoms with van der Waals surface area (Å²) < 4.78 is 15.2. The Morgan fingerprint density at radius 3 is 1.28 bits per heavy atom. The van der Waals surface area contributed by atoms with Crippen LogP contribution in [0.25, 0.3) is 0 Å². The van der Waals surface area contributed by atoms with Crippen LogP contribution in [0.2, 0.25) is 0 Å². The topological polar surface area (TPSA) is 61.8 Å². The van der Waals surface area contributed by atoms with Crippen molar-refractivity contribution in [2.24, 2.45) is 0 Å². The van der Waals surface area contributed by atoms with Crippen LogP contribution in [0.15, 0.2) is 0 Å². The molecule has 0 radical (unpaired) electrons. The summed E-state index contributed by atoms with van der Waals surface area (Å²) in [6, 6.07) is 0. The number of esters is 2. The molecule has 0 bridgehead atoms. The minimum absolute atomic E-state index is 0.0492. The standard InChI is InChI=1S/C27H52O5/c1-3-4-5-6-7-8-9-10-11-14-17-20-23-31-26(28)21-18-15-12-13-16-19-22-27(29)32-25-24-30-2/h3-25H2,1-2H3. The summed E-state index contributed by atoms with van der Waals surface area (Å²) in [6.45, 7) is 3.64. The lowest BCUT2D eigenvalue weighted by atomic mass is 10.1. The van der Waals surface area contributed by atoms with Gasteiger partial charge in [-0.25, -0.2) is 0 Å². The van der Waals surface area contributed by atoms with E-state index in [1.54, 1.807) is 7.11 Å². The molecule has 0 heterocycles. The Morgan fingerprint density at radius 1 is 0.469 bits per heavy atom. The first-order valence-electron chi connectivity index (χ1n) is 13.5. The second-order valence-electron chi connectivity index (χ2n) is 8.94. The molecular formula is C27H52O5. The third-order valence-corrected chi connectivity index (χ3v) is 5.82. The number of unbranched alkanes of at least 4 members (excludes halogenated alkanes) is 16. The Kier molecular flexibility index (Phi) is 25.3. The zero-order valence-corrected chi connectivity index (χ0v) is 21.3. The molecule has 0 spiro atoms. The number of hydrogen-bond acceptors (Lipinski definition) is 5. The Bertz CT molecular complexity index is 411. The molecule has 0 N–H and O–H groups in total. The van der Waals surface area contributed by atoms with E-state index >= 15 is 0 Å². The minimum atomic E-state index is -0.141. The van der Waals surface area contributed by atoms with Crippen LogP contribution < -0.4 is 0 Å². The fourth-order valence-corrected chi connectivity index (χ4v) is 3.76. The van der Waals surface area contributed by atoms with Crippen molar-refractivity contribution in [1.29, 1.82) is 0 Å². The quantitative estimate of drug-likeness (QED) is 0.105. The van der Waals surface area contributed by atoms with Gasteiger partial charge in [-0.1, -0.05) is 103 Å². The minimum Gasteiger partial charge on any atom is -0.466 e. The van der Waals surface area contributed by atoms with Crippen molar-refractivity contribution >= 4 is 11.9 Å².